The van der Waals surface area contributed by atoms with Crippen molar-refractivity contribution >= 4 is 22.4 Å². The Balaban J connectivity index is 1.88. The van der Waals surface area contributed by atoms with E-state index in [1.807, 2.05) is 0 Å². The molecule has 2 aromatic carbocycles. The molecule has 2 aromatic rings. The lowest BCUT2D eigenvalue weighted by atomic mass is 9.89. The average molecular weight is 286 g/mol. The van der Waals surface area contributed by atoms with Gasteiger partial charge in [-0.15, -0.1) is 0 Å². The molecular formula is C21H18O. The highest BCUT2D eigenvalue weighted by Crippen LogP contribution is 2.49. The van der Waals surface area contributed by atoms with Crippen LogP contribution < -0.4 is 4.74 Å². The average Bonchev–Trinajstić information content (AvgIpc) is 2.94. The SMILES string of the molecule is CC1C=CC2=C(Cc3c4c(c5ccccc5c32)OCC=C4)C1. The molecular weight excluding hydrogens is 268 g/mol. The Morgan fingerprint density at radius 2 is 1.95 bits per heavy atom. The van der Waals surface area contributed by atoms with Crippen LogP contribution in [0.1, 0.15) is 30.0 Å². The van der Waals surface area contributed by atoms with Crippen LogP contribution in [0.4, 0.5) is 0 Å². The number of allylic oxidation sites excluding steroid dienone is 4. The summed E-state index contributed by atoms with van der Waals surface area (Å²) in [6, 6.07) is 8.69. The maximum absolute atomic E-state index is 6.01. The monoisotopic (exact) mass is 286 g/mol. The summed E-state index contributed by atoms with van der Waals surface area (Å²) in [7, 11) is 0. The third-order valence-corrected chi connectivity index (χ3v) is 5.12. The molecule has 0 radical (unpaired) electrons. The van der Waals surface area contributed by atoms with Gasteiger partial charge in [0.15, 0.2) is 0 Å². The minimum Gasteiger partial charge on any atom is -0.488 e. The van der Waals surface area contributed by atoms with Crippen LogP contribution in [0.3, 0.4) is 0 Å². The second kappa shape index (κ2) is 4.36. The second-order valence-electron chi connectivity index (χ2n) is 6.59. The van der Waals surface area contributed by atoms with Crippen LogP contribution in [0.15, 0.2) is 48.1 Å². The molecule has 1 heteroatoms. The van der Waals surface area contributed by atoms with Crippen molar-refractivity contribution in [2.45, 2.75) is 19.8 Å². The summed E-state index contributed by atoms with van der Waals surface area (Å²) in [5.41, 5.74) is 7.28. The number of benzene rings is 2. The Bertz CT molecular complexity index is 896. The Hall–Kier alpha value is -2.28. The van der Waals surface area contributed by atoms with E-state index in [2.05, 4.69) is 55.5 Å². The predicted octanol–water partition coefficient (Wildman–Crippen LogP) is 5.15. The van der Waals surface area contributed by atoms with E-state index in [9.17, 15) is 0 Å². The molecule has 0 aromatic heterocycles. The van der Waals surface area contributed by atoms with E-state index < -0.39 is 0 Å². The highest BCUT2D eigenvalue weighted by molar-refractivity contribution is 6.06. The molecule has 1 heterocycles. The summed E-state index contributed by atoms with van der Waals surface area (Å²) in [6.45, 7) is 2.99. The van der Waals surface area contributed by atoms with Gasteiger partial charge in [-0.3, -0.25) is 0 Å². The first-order valence-electron chi connectivity index (χ1n) is 8.10. The Labute approximate surface area is 130 Å². The maximum atomic E-state index is 6.01. The fraction of sp³-hybridized carbons (Fsp3) is 0.238. The van der Waals surface area contributed by atoms with Crippen molar-refractivity contribution in [1.29, 1.82) is 0 Å². The largest absolute Gasteiger partial charge is 0.488 e. The zero-order valence-electron chi connectivity index (χ0n) is 12.7. The van der Waals surface area contributed by atoms with Crippen LogP contribution >= 0.6 is 0 Å². The minimum atomic E-state index is 0.655. The molecule has 1 nitrogen and oxygen atoms in total. The molecule has 0 spiro atoms. The third kappa shape index (κ3) is 1.54. The van der Waals surface area contributed by atoms with Gasteiger partial charge < -0.3 is 4.74 Å². The smallest absolute Gasteiger partial charge is 0.135 e. The standard InChI is InChI=1S/C21H18O/c1-13-8-9-15-14(11-13)12-19-18-7-4-10-22-21(18)17-6-3-2-5-16(17)20(15)19/h2-9,13H,10-12H2,1H3. The first-order chi connectivity index (χ1) is 10.8. The molecule has 1 atom stereocenters. The van der Waals surface area contributed by atoms with Crippen LogP contribution in [0, 0.1) is 5.92 Å². The first-order valence-corrected chi connectivity index (χ1v) is 8.10. The summed E-state index contributed by atoms with van der Waals surface area (Å²) in [5.74, 6) is 1.73. The topological polar surface area (TPSA) is 9.23 Å². The third-order valence-electron chi connectivity index (χ3n) is 5.12. The molecule has 1 aliphatic heterocycles. The molecule has 108 valence electrons. The van der Waals surface area contributed by atoms with Crippen molar-refractivity contribution in [2.75, 3.05) is 6.61 Å². The minimum absolute atomic E-state index is 0.655. The zero-order valence-corrected chi connectivity index (χ0v) is 12.7. The summed E-state index contributed by atoms with van der Waals surface area (Å²) in [5, 5.41) is 2.59. The molecule has 5 rings (SSSR count). The Morgan fingerprint density at radius 3 is 2.86 bits per heavy atom. The van der Waals surface area contributed by atoms with Crippen molar-refractivity contribution in [3.8, 4) is 5.75 Å². The van der Waals surface area contributed by atoms with Crippen molar-refractivity contribution in [3.63, 3.8) is 0 Å². The number of hydrogen-bond donors (Lipinski definition) is 0. The van der Waals surface area contributed by atoms with Gasteiger partial charge >= 0.3 is 0 Å². The van der Waals surface area contributed by atoms with Crippen LogP contribution in [0.5, 0.6) is 5.75 Å². The van der Waals surface area contributed by atoms with Crippen LogP contribution in [-0.2, 0) is 6.42 Å². The molecule has 0 saturated heterocycles. The lowest BCUT2D eigenvalue weighted by molar-refractivity contribution is 0.362. The lowest BCUT2D eigenvalue weighted by Crippen LogP contribution is -2.05. The van der Waals surface area contributed by atoms with E-state index in [1.165, 1.54) is 39.5 Å². The summed E-state index contributed by atoms with van der Waals surface area (Å²) in [4.78, 5) is 0. The van der Waals surface area contributed by atoms with E-state index in [4.69, 9.17) is 4.74 Å². The fourth-order valence-corrected chi connectivity index (χ4v) is 4.18. The molecule has 0 N–H and O–H groups in total. The number of rotatable bonds is 0. The van der Waals surface area contributed by atoms with Crippen molar-refractivity contribution in [1.82, 2.24) is 0 Å². The van der Waals surface area contributed by atoms with Crippen LogP contribution in [0.25, 0.3) is 22.4 Å². The van der Waals surface area contributed by atoms with Crippen molar-refractivity contribution in [3.05, 3.63) is 64.8 Å². The van der Waals surface area contributed by atoms with Gasteiger partial charge in [0.1, 0.15) is 12.4 Å². The summed E-state index contributed by atoms with van der Waals surface area (Å²) in [6.07, 6.45) is 11.4. The van der Waals surface area contributed by atoms with Crippen LogP contribution in [0.2, 0.25) is 0 Å². The molecule has 0 amide bonds. The lowest BCUT2D eigenvalue weighted by Gasteiger charge is -2.20. The van der Waals surface area contributed by atoms with Gasteiger partial charge in [0.05, 0.1) is 0 Å². The van der Waals surface area contributed by atoms with Gasteiger partial charge in [0.2, 0.25) is 0 Å². The van der Waals surface area contributed by atoms with E-state index in [0.29, 0.717) is 12.5 Å². The summed E-state index contributed by atoms with van der Waals surface area (Å²) < 4.78 is 6.01. The first kappa shape index (κ1) is 12.3. The Morgan fingerprint density at radius 1 is 1.09 bits per heavy atom. The number of hydrogen-bond acceptors (Lipinski definition) is 1. The van der Waals surface area contributed by atoms with Crippen molar-refractivity contribution in [2.24, 2.45) is 5.92 Å². The predicted molar refractivity (Wildman–Crippen MR) is 92.0 cm³/mol. The molecule has 0 fully saturated rings. The van der Waals surface area contributed by atoms with Gasteiger partial charge in [-0.2, -0.15) is 0 Å². The number of fused-ring (bicyclic) bond motifs is 7. The van der Waals surface area contributed by atoms with Crippen LogP contribution in [-0.4, -0.2) is 6.61 Å². The van der Waals surface area contributed by atoms with E-state index in [-0.39, 0.29) is 0 Å². The van der Waals surface area contributed by atoms with Gasteiger partial charge in [0.25, 0.3) is 0 Å². The maximum Gasteiger partial charge on any atom is 0.135 e. The summed E-state index contributed by atoms with van der Waals surface area (Å²) >= 11 is 0. The molecule has 1 unspecified atom stereocenters. The van der Waals surface area contributed by atoms with E-state index in [1.54, 1.807) is 5.57 Å². The zero-order chi connectivity index (χ0) is 14.7. The molecule has 22 heavy (non-hydrogen) atoms. The number of ether oxygens (including phenoxy) is 1. The normalized spacial score (nSPS) is 21.6. The highest BCUT2D eigenvalue weighted by atomic mass is 16.5. The molecule has 2 aliphatic carbocycles. The van der Waals surface area contributed by atoms with E-state index in [0.717, 1.165) is 12.2 Å². The van der Waals surface area contributed by atoms with Gasteiger partial charge in [-0.05, 0) is 46.9 Å². The molecule has 0 saturated carbocycles. The van der Waals surface area contributed by atoms with Gasteiger partial charge in [-0.1, -0.05) is 55.0 Å². The molecule has 0 bridgehead atoms. The second-order valence-corrected chi connectivity index (χ2v) is 6.59. The fourth-order valence-electron chi connectivity index (χ4n) is 4.18. The van der Waals surface area contributed by atoms with Gasteiger partial charge in [-0.25, -0.2) is 0 Å². The van der Waals surface area contributed by atoms with Gasteiger partial charge in [0, 0.05) is 10.9 Å². The molecule has 3 aliphatic rings. The van der Waals surface area contributed by atoms with Crippen molar-refractivity contribution < 1.29 is 4.74 Å². The Kier molecular flexibility index (Phi) is 2.43. The highest BCUT2D eigenvalue weighted by Gasteiger charge is 2.30. The van der Waals surface area contributed by atoms with E-state index >= 15 is 0 Å². The quantitative estimate of drug-likeness (QED) is 0.650.